The number of hydrogen-bond donors (Lipinski definition) is 1. The fourth-order valence-corrected chi connectivity index (χ4v) is 4.00. The van der Waals surface area contributed by atoms with Gasteiger partial charge in [0.05, 0.1) is 16.1 Å². The number of aromatic amines is 1. The van der Waals surface area contributed by atoms with Crippen LogP contribution < -0.4 is 4.31 Å². The van der Waals surface area contributed by atoms with Crippen LogP contribution in [-0.2, 0) is 16.2 Å². The number of H-pyrrole nitrogens is 1. The van der Waals surface area contributed by atoms with Gasteiger partial charge in [-0.15, -0.1) is 0 Å². The van der Waals surface area contributed by atoms with E-state index in [1.165, 1.54) is 16.6 Å². The summed E-state index contributed by atoms with van der Waals surface area (Å²) in [5, 5.41) is 0. The molecule has 1 aliphatic rings. The molecule has 0 bridgehead atoms. The van der Waals surface area contributed by atoms with Crippen LogP contribution in [0.4, 0.5) is 18.9 Å². The number of nitrogens with one attached hydrogen (secondary N) is 1. The van der Waals surface area contributed by atoms with Gasteiger partial charge < -0.3 is 4.98 Å². The van der Waals surface area contributed by atoms with Crippen molar-refractivity contribution in [1.29, 1.82) is 0 Å². The summed E-state index contributed by atoms with van der Waals surface area (Å²) in [6.45, 7) is 0. The van der Waals surface area contributed by atoms with Crippen LogP contribution in [0.1, 0.15) is 18.4 Å². The molecular weight excluding hydrogens is 317 g/mol. The van der Waals surface area contributed by atoms with Crippen LogP contribution in [-0.4, -0.2) is 19.4 Å². The number of nitrogens with zero attached hydrogens (tertiary/aromatic N) is 1. The predicted octanol–water partition coefficient (Wildman–Crippen LogP) is 3.39. The third-order valence-corrected chi connectivity index (χ3v) is 5.31. The molecule has 3 rings (SSSR count). The molecule has 2 aromatic rings. The number of alkyl halides is 3. The monoisotopic (exact) mass is 330 g/mol. The van der Waals surface area contributed by atoms with E-state index < -0.39 is 21.8 Å². The lowest BCUT2D eigenvalue weighted by Gasteiger charge is -2.23. The van der Waals surface area contributed by atoms with Gasteiger partial charge in [-0.3, -0.25) is 4.31 Å². The molecule has 1 N–H and O–H groups in total. The predicted molar refractivity (Wildman–Crippen MR) is 74.9 cm³/mol. The number of rotatable bonds is 4. The number of aromatic nitrogens is 1. The topological polar surface area (TPSA) is 53.2 Å². The van der Waals surface area contributed by atoms with E-state index in [4.69, 9.17) is 0 Å². The Morgan fingerprint density at radius 2 is 1.91 bits per heavy atom. The Morgan fingerprint density at radius 3 is 2.45 bits per heavy atom. The highest BCUT2D eigenvalue weighted by Crippen LogP contribution is 2.37. The van der Waals surface area contributed by atoms with Gasteiger partial charge in [-0.2, -0.15) is 13.2 Å². The van der Waals surface area contributed by atoms with E-state index in [0.29, 0.717) is 24.6 Å². The first-order valence-corrected chi connectivity index (χ1v) is 8.08. The van der Waals surface area contributed by atoms with Gasteiger partial charge in [-0.05, 0) is 37.1 Å². The Hall–Kier alpha value is -1.96. The number of sulfonamides is 1. The Labute approximate surface area is 125 Å². The van der Waals surface area contributed by atoms with Gasteiger partial charge >= 0.3 is 6.18 Å². The van der Waals surface area contributed by atoms with Crippen molar-refractivity contribution in [3.05, 3.63) is 48.3 Å². The molecule has 0 radical (unpaired) electrons. The summed E-state index contributed by atoms with van der Waals surface area (Å²) < 4.78 is 65.0. The molecule has 1 aromatic carbocycles. The Morgan fingerprint density at radius 1 is 1.18 bits per heavy atom. The number of hydrogen-bond acceptors (Lipinski definition) is 2. The second-order valence-electron chi connectivity index (χ2n) is 5.13. The fourth-order valence-electron chi connectivity index (χ4n) is 2.25. The number of anilines is 1. The standard InChI is InChI=1S/C14H13F3N2O2S/c15-14(16,17)10-2-1-3-13(8-10)22(20,21)19(11-4-5-11)12-6-7-18-9-12/h1-3,6-9,11,18H,4-5H2. The van der Waals surface area contributed by atoms with Crippen molar-refractivity contribution in [1.82, 2.24) is 4.98 Å². The number of halogens is 3. The average molecular weight is 330 g/mol. The minimum absolute atomic E-state index is 0.199. The molecule has 0 saturated heterocycles. The molecule has 118 valence electrons. The van der Waals surface area contributed by atoms with Crippen molar-refractivity contribution >= 4 is 15.7 Å². The van der Waals surface area contributed by atoms with Crippen LogP contribution in [0.5, 0.6) is 0 Å². The Bertz CT molecular complexity index is 766. The average Bonchev–Trinajstić information content (AvgIpc) is 3.12. The van der Waals surface area contributed by atoms with E-state index in [-0.39, 0.29) is 10.9 Å². The largest absolute Gasteiger partial charge is 0.416 e. The maximum atomic E-state index is 12.8. The zero-order valence-electron chi connectivity index (χ0n) is 11.3. The molecule has 4 nitrogen and oxygen atoms in total. The van der Waals surface area contributed by atoms with E-state index in [0.717, 1.165) is 12.1 Å². The summed E-state index contributed by atoms with van der Waals surface area (Å²) in [7, 11) is -4.03. The van der Waals surface area contributed by atoms with Crippen molar-refractivity contribution in [2.45, 2.75) is 30.0 Å². The summed E-state index contributed by atoms with van der Waals surface area (Å²) in [6.07, 6.45) is -0.0907. The van der Waals surface area contributed by atoms with Crippen LogP contribution in [0, 0.1) is 0 Å². The lowest BCUT2D eigenvalue weighted by atomic mass is 10.2. The van der Waals surface area contributed by atoms with Gasteiger partial charge in [0.1, 0.15) is 0 Å². The summed E-state index contributed by atoms with van der Waals surface area (Å²) in [4.78, 5) is 2.41. The van der Waals surface area contributed by atoms with Crippen molar-refractivity contribution in [2.24, 2.45) is 0 Å². The summed E-state index contributed by atoms with van der Waals surface area (Å²) in [5.41, 5.74) is -0.543. The third kappa shape index (κ3) is 2.70. The van der Waals surface area contributed by atoms with Gasteiger partial charge in [0, 0.05) is 18.4 Å². The van der Waals surface area contributed by atoms with E-state index in [9.17, 15) is 21.6 Å². The SMILES string of the molecule is O=S(=O)(c1cccc(C(F)(F)F)c1)N(c1cc[nH]c1)C1CC1. The molecule has 22 heavy (non-hydrogen) atoms. The first-order chi connectivity index (χ1) is 10.3. The highest BCUT2D eigenvalue weighted by atomic mass is 32.2. The van der Waals surface area contributed by atoms with Gasteiger partial charge in [-0.1, -0.05) is 6.07 Å². The van der Waals surface area contributed by atoms with Crippen molar-refractivity contribution in [3.8, 4) is 0 Å². The highest BCUT2D eigenvalue weighted by molar-refractivity contribution is 7.92. The lowest BCUT2D eigenvalue weighted by molar-refractivity contribution is -0.137. The molecule has 0 aliphatic heterocycles. The molecule has 0 amide bonds. The molecule has 1 saturated carbocycles. The minimum Gasteiger partial charge on any atom is -0.366 e. The first kappa shape index (κ1) is 15.0. The second-order valence-corrected chi connectivity index (χ2v) is 6.94. The Kier molecular flexibility index (Phi) is 3.43. The molecular formula is C14H13F3N2O2S. The van der Waals surface area contributed by atoms with E-state index in [2.05, 4.69) is 4.98 Å². The van der Waals surface area contributed by atoms with Gasteiger partial charge in [-0.25, -0.2) is 8.42 Å². The lowest BCUT2D eigenvalue weighted by Crippen LogP contribution is -2.33. The van der Waals surface area contributed by atoms with Crippen molar-refractivity contribution in [2.75, 3.05) is 4.31 Å². The zero-order chi connectivity index (χ0) is 16.0. The van der Waals surface area contributed by atoms with Crippen LogP contribution in [0.3, 0.4) is 0 Å². The van der Waals surface area contributed by atoms with Crippen LogP contribution in [0.15, 0.2) is 47.6 Å². The van der Waals surface area contributed by atoms with Crippen molar-refractivity contribution < 1.29 is 21.6 Å². The molecule has 1 aliphatic carbocycles. The van der Waals surface area contributed by atoms with Gasteiger partial charge in [0.25, 0.3) is 10.0 Å². The smallest absolute Gasteiger partial charge is 0.366 e. The van der Waals surface area contributed by atoms with Crippen LogP contribution in [0.25, 0.3) is 0 Å². The molecule has 0 atom stereocenters. The summed E-state index contributed by atoms with van der Waals surface area (Å²) in [6, 6.07) is 5.22. The second kappa shape index (κ2) is 5.05. The van der Waals surface area contributed by atoms with E-state index in [1.54, 1.807) is 12.3 Å². The van der Waals surface area contributed by atoms with Gasteiger partial charge in [0.15, 0.2) is 0 Å². The normalized spacial score (nSPS) is 15.8. The maximum Gasteiger partial charge on any atom is 0.416 e. The maximum absolute atomic E-state index is 12.8. The summed E-state index contributed by atoms with van der Waals surface area (Å²) in [5.74, 6) is 0. The van der Waals surface area contributed by atoms with Gasteiger partial charge in [0.2, 0.25) is 0 Å². The molecule has 1 heterocycles. The molecule has 8 heteroatoms. The van der Waals surface area contributed by atoms with E-state index >= 15 is 0 Å². The Balaban J connectivity index is 2.05. The zero-order valence-corrected chi connectivity index (χ0v) is 12.2. The quantitative estimate of drug-likeness (QED) is 0.934. The highest BCUT2D eigenvalue weighted by Gasteiger charge is 2.39. The fraction of sp³-hybridized carbons (Fsp3) is 0.286. The molecule has 1 aromatic heterocycles. The minimum atomic E-state index is -4.58. The summed E-state index contributed by atoms with van der Waals surface area (Å²) >= 11 is 0. The molecule has 1 fully saturated rings. The van der Waals surface area contributed by atoms with Crippen LogP contribution in [0.2, 0.25) is 0 Å². The molecule has 0 spiro atoms. The van der Waals surface area contributed by atoms with Crippen molar-refractivity contribution in [3.63, 3.8) is 0 Å². The number of benzene rings is 1. The molecule has 0 unspecified atom stereocenters. The third-order valence-electron chi connectivity index (χ3n) is 3.43. The van der Waals surface area contributed by atoms with Crippen LogP contribution >= 0.6 is 0 Å². The first-order valence-electron chi connectivity index (χ1n) is 6.64. The van der Waals surface area contributed by atoms with E-state index in [1.807, 2.05) is 0 Å².